The molecule has 4 amide bonds. The minimum atomic E-state index is -1.01. The Balaban J connectivity index is 1.81. The zero-order valence-electron chi connectivity index (χ0n) is 15.1. The Morgan fingerprint density at radius 1 is 1.27 bits per heavy atom. The van der Waals surface area contributed by atoms with Gasteiger partial charge in [0, 0.05) is 0 Å². The molecule has 26 heavy (non-hydrogen) atoms. The third-order valence-electron chi connectivity index (χ3n) is 4.38. The fourth-order valence-corrected chi connectivity index (χ4v) is 2.56. The van der Waals surface area contributed by atoms with E-state index >= 15 is 0 Å². The number of hydrogen-bond acceptors (Lipinski definition) is 5. The second kappa shape index (κ2) is 7.99. The number of imide groups is 1. The molecule has 0 radical (unpaired) electrons. The highest BCUT2D eigenvalue weighted by Gasteiger charge is 2.47. The number of nitrogens with one attached hydrogen (secondary N) is 2. The number of urea groups is 1. The van der Waals surface area contributed by atoms with E-state index < -0.39 is 42.5 Å². The molecule has 1 aliphatic heterocycles. The third-order valence-corrected chi connectivity index (χ3v) is 4.38. The van der Waals surface area contributed by atoms with Gasteiger partial charge in [-0.2, -0.15) is 0 Å². The van der Waals surface area contributed by atoms with E-state index in [0.717, 1.165) is 10.5 Å². The topological polar surface area (TPSA) is 105 Å². The molecule has 1 aromatic rings. The van der Waals surface area contributed by atoms with Crippen molar-refractivity contribution in [3.63, 3.8) is 0 Å². The van der Waals surface area contributed by atoms with Gasteiger partial charge in [0.1, 0.15) is 12.1 Å². The van der Waals surface area contributed by atoms with Crippen LogP contribution < -0.4 is 10.6 Å². The Bertz CT molecular complexity index is 706. The fraction of sp³-hybridized carbons (Fsp3) is 0.444. The van der Waals surface area contributed by atoms with E-state index in [4.69, 9.17) is 4.74 Å². The molecular weight excluding hydrogens is 338 g/mol. The van der Waals surface area contributed by atoms with E-state index in [0.29, 0.717) is 6.42 Å². The molecule has 0 aliphatic carbocycles. The van der Waals surface area contributed by atoms with E-state index in [-0.39, 0.29) is 6.04 Å². The number of esters is 1. The molecular formula is C18H23N3O5. The highest BCUT2D eigenvalue weighted by atomic mass is 16.5. The number of carbonyl (C=O) groups is 4. The minimum absolute atomic E-state index is 0.237. The lowest BCUT2D eigenvalue weighted by molar-refractivity contribution is -0.151. The molecule has 1 saturated heterocycles. The molecule has 0 unspecified atom stereocenters. The second-order valence-corrected chi connectivity index (χ2v) is 6.37. The molecule has 1 heterocycles. The molecule has 1 fully saturated rings. The van der Waals surface area contributed by atoms with Crippen LogP contribution >= 0.6 is 0 Å². The van der Waals surface area contributed by atoms with Gasteiger partial charge in [0.15, 0.2) is 6.61 Å². The Kier molecular flexibility index (Phi) is 5.97. The number of rotatable bonds is 7. The summed E-state index contributed by atoms with van der Waals surface area (Å²) in [7, 11) is 0. The van der Waals surface area contributed by atoms with Crippen LogP contribution in [0.2, 0.25) is 0 Å². The third kappa shape index (κ3) is 4.38. The number of nitrogens with zero attached hydrogens (tertiary/aromatic N) is 1. The summed E-state index contributed by atoms with van der Waals surface area (Å²) in [5.41, 5.74) is -0.0924. The first-order valence-electron chi connectivity index (χ1n) is 8.41. The summed E-state index contributed by atoms with van der Waals surface area (Å²) in [6.45, 7) is 4.16. The fourth-order valence-electron chi connectivity index (χ4n) is 2.56. The van der Waals surface area contributed by atoms with Crippen molar-refractivity contribution in [2.75, 3.05) is 13.2 Å². The Hall–Kier alpha value is -2.90. The van der Waals surface area contributed by atoms with Gasteiger partial charge in [0.25, 0.3) is 11.8 Å². The lowest BCUT2D eigenvalue weighted by Crippen LogP contribution is -2.43. The summed E-state index contributed by atoms with van der Waals surface area (Å²) in [6, 6.07) is 8.47. The SMILES string of the molecule is CC[C@@]1(C)NC(=O)N(CC(=O)OCC(=O)N[C@@H](C)c2ccccc2)C1=O. The second-order valence-electron chi connectivity index (χ2n) is 6.37. The summed E-state index contributed by atoms with van der Waals surface area (Å²) in [5, 5.41) is 5.25. The van der Waals surface area contributed by atoms with Gasteiger partial charge in [-0.1, -0.05) is 37.3 Å². The predicted octanol–water partition coefficient (Wildman–Crippen LogP) is 1.13. The van der Waals surface area contributed by atoms with Crippen molar-refractivity contribution in [2.45, 2.75) is 38.8 Å². The van der Waals surface area contributed by atoms with Crippen molar-refractivity contribution in [3.05, 3.63) is 35.9 Å². The molecule has 0 aromatic heterocycles. The number of benzene rings is 1. The van der Waals surface area contributed by atoms with E-state index in [2.05, 4.69) is 10.6 Å². The lowest BCUT2D eigenvalue weighted by atomic mass is 9.99. The predicted molar refractivity (Wildman–Crippen MR) is 92.9 cm³/mol. The highest BCUT2D eigenvalue weighted by Crippen LogP contribution is 2.20. The maximum Gasteiger partial charge on any atom is 0.326 e. The molecule has 140 valence electrons. The van der Waals surface area contributed by atoms with Crippen molar-refractivity contribution in [1.82, 2.24) is 15.5 Å². The smallest absolute Gasteiger partial charge is 0.326 e. The molecule has 2 atom stereocenters. The van der Waals surface area contributed by atoms with Crippen LogP contribution in [0.4, 0.5) is 4.79 Å². The molecule has 8 nitrogen and oxygen atoms in total. The maximum absolute atomic E-state index is 12.2. The average molecular weight is 361 g/mol. The van der Waals surface area contributed by atoms with Crippen molar-refractivity contribution in [1.29, 1.82) is 0 Å². The number of ether oxygens (including phenoxy) is 1. The van der Waals surface area contributed by atoms with Crippen molar-refractivity contribution < 1.29 is 23.9 Å². The van der Waals surface area contributed by atoms with Crippen LogP contribution in [0.25, 0.3) is 0 Å². The van der Waals surface area contributed by atoms with Crippen LogP contribution in [0, 0.1) is 0 Å². The molecule has 0 spiro atoms. The van der Waals surface area contributed by atoms with Crippen LogP contribution in [0.15, 0.2) is 30.3 Å². The first kappa shape index (κ1) is 19.4. The summed E-state index contributed by atoms with van der Waals surface area (Å²) in [4.78, 5) is 48.6. The summed E-state index contributed by atoms with van der Waals surface area (Å²) >= 11 is 0. The van der Waals surface area contributed by atoms with Gasteiger partial charge >= 0.3 is 12.0 Å². The van der Waals surface area contributed by atoms with Crippen LogP contribution in [0.1, 0.15) is 38.8 Å². The van der Waals surface area contributed by atoms with Crippen LogP contribution in [-0.4, -0.2) is 47.4 Å². The van der Waals surface area contributed by atoms with Gasteiger partial charge in [0.2, 0.25) is 0 Å². The van der Waals surface area contributed by atoms with Gasteiger partial charge in [-0.15, -0.1) is 0 Å². The van der Waals surface area contributed by atoms with E-state index in [1.54, 1.807) is 13.8 Å². The molecule has 1 aliphatic rings. The van der Waals surface area contributed by atoms with Gasteiger partial charge in [-0.25, -0.2) is 4.79 Å². The highest BCUT2D eigenvalue weighted by molar-refractivity contribution is 6.08. The van der Waals surface area contributed by atoms with Crippen molar-refractivity contribution in [3.8, 4) is 0 Å². The number of amides is 4. The largest absolute Gasteiger partial charge is 0.454 e. The quantitative estimate of drug-likeness (QED) is 0.559. The number of hydrogen-bond donors (Lipinski definition) is 2. The zero-order chi connectivity index (χ0) is 19.3. The van der Waals surface area contributed by atoms with Crippen LogP contribution in [0.3, 0.4) is 0 Å². The summed E-state index contributed by atoms with van der Waals surface area (Å²) < 4.78 is 4.88. The normalized spacial score (nSPS) is 20.5. The Morgan fingerprint density at radius 2 is 1.92 bits per heavy atom. The monoisotopic (exact) mass is 361 g/mol. The average Bonchev–Trinajstić information content (AvgIpc) is 2.84. The molecule has 1 aromatic carbocycles. The number of carbonyl (C=O) groups excluding carboxylic acids is 4. The standard InChI is InChI=1S/C18H23N3O5/c1-4-18(3)16(24)21(17(25)20-18)10-15(23)26-11-14(22)19-12(2)13-8-6-5-7-9-13/h5-9,12H,4,10-11H2,1-3H3,(H,19,22)(H,20,25)/t12-,18+/m0/s1. The van der Waals surface area contributed by atoms with Crippen molar-refractivity contribution in [2.24, 2.45) is 0 Å². The van der Waals surface area contributed by atoms with Gasteiger partial charge < -0.3 is 15.4 Å². The van der Waals surface area contributed by atoms with Gasteiger partial charge in [-0.05, 0) is 25.8 Å². The molecule has 2 rings (SSSR count). The Labute approximate surface area is 151 Å². The first-order valence-corrected chi connectivity index (χ1v) is 8.41. The van der Waals surface area contributed by atoms with E-state index in [1.165, 1.54) is 0 Å². The van der Waals surface area contributed by atoms with E-state index in [1.807, 2.05) is 37.3 Å². The molecule has 0 bridgehead atoms. The minimum Gasteiger partial charge on any atom is -0.454 e. The zero-order valence-corrected chi connectivity index (χ0v) is 15.1. The molecule has 0 saturated carbocycles. The van der Waals surface area contributed by atoms with Crippen molar-refractivity contribution >= 4 is 23.8 Å². The summed E-state index contributed by atoms with van der Waals surface area (Å²) in [5.74, 6) is -1.77. The van der Waals surface area contributed by atoms with Crippen LogP contribution in [-0.2, 0) is 19.1 Å². The van der Waals surface area contributed by atoms with Crippen LogP contribution in [0.5, 0.6) is 0 Å². The first-order chi connectivity index (χ1) is 12.3. The maximum atomic E-state index is 12.2. The van der Waals surface area contributed by atoms with E-state index in [9.17, 15) is 19.2 Å². The summed E-state index contributed by atoms with van der Waals surface area (Å²) in [6.07, 6.45) is 0.406. The Morgan fingerprint density at radius 3 is 2.50 bits per heavy atom. The lowest BCUT2D eigenvalue weighted by Gasteiger charge is -2.19. The molecule has 8 heteroatoms. The molecule has 2 N–H and O–H groups in total. The van der Waals surface area contributed by atoms with Gasteiger partial charge in [-0.3, -0.25) is 19.3 Å². The van der Waals surface area contributed by atoms with Gasteiger partial charge in [0.05, 0.1) is 6.04 Å².